The molecule has 1 atom stereocenters. The van der Waals surface area contributed by atoms with Crippen LogP contribution in [0.15, 0.2) is 24.4 Å². The molecule has 1 amide bonds. The van der Waals surface area contributed by atoms with E-state index in [2.05, 4.69) is 9.88 Å². The Morgan fingerprint density at radius 1 is 1.22 bits per heavy atom. The van der Waals surface area contributed by atoms with E-state index >= 15 is 0 Å². The molecule has 2 aliphatic heterocycles. The second-order valence-electron chi connectivity index (χ2n) is 6.10. The van der Waals surface area contributed by atoms with Crippen molar-refractivity contribution in [3.63, 3.8) is 0 Å². The highest BCUT2D eigenvalue weighted by atomic mass is 16.5. The fourth-order valence-corrected chi connectivity index (χ4v) is 3.07. The first kappa shape index (κ1) is 16.4. The van der Waals surface area contributed by atoms with Gasteiger partial charge in [0.05, 0.1) is 25.7 Å². The molecule has 0 spiro atoms. The van der Waals surface area contributed by atoms with E-state index in [1.165, 1.54) is 0 Å². The lowest BCUT2D eigenvalue weighted by Crippen LogP contribution is -2.46. The van der Waals surface area contributed by atoms with Gasteiger partial charge in [-0.05, 0) is 18.6 Å². The van der Waals surface area contributed by atoms with Crippen LogP contribution in [0, 0.1) is 0 Å². The predicted octanol–water partition coefficient (Wildman–Crippen LogP) is 0.574. The third kappa shape index (κ3) is 4.99. The summed E-state index contributed by atoms with van der Waals surface area (Å²) >= 11 is 0. The fraction of sp³-hybridized carbons (Fsp3) is 0.647. The molecule has 0 unspecified atom stereocenters. The molecule has 6 nitrogen and oxygen atoms in total. The minimum Gasteiger partial charge on any atom is -0.379 e. The highest BCUT2D eigenvalue weighted by molar-refractivity contribution is 5.78. The van der Waals surface area contributed by atoms with E-state index in [0.717, 1.165) is 58.1 Å². The molecule has 0 saturated carbocycles. The Labute approximate surface area is 137 Å². The summed E-state index contributed by atoms with van der Waals surface area (Å²) in [5.74, 6) is 0.140. The zero-order valence-corrected chi connectivity index (χ0v) is 13.5. The van der Waals surface area contributed by atoms with Gasteiger partial charge in [-0.1, -0.05) is 6.07 Å². The summed E-state index contributed by atoms with van der Waals surface area (Å²) in [4.78, 5) is 21.1. The molecule has 1 aromatic rings. The van der Waals surface area contributed by atoms with Gasteiger partial charge in [-0.2, -0.15) is 0 Å². The summed E-state index contributed by atoms with van der Waals surface area (Å²) in [6, 6.07) is 5.69. The van der Waals surface area contributed by atoms with E-state index in [1.807, 2.05) is 23.1 Å². The van der Waals surface area contributed by atoms with E-state index in [0.29, 0.717) is 13.0 Å². The molecule has 126 valence electrons. The van der Waals surface area contributed by atoms with Crippen LogP contribution >= 0.6 is 0 Å². The first-order valence-electron chi connectivity index (χ1n) is 8.40. The predicted molar refractivity (Wildman–Crippen MR) is 86.1 cm³/mol. The Balaban J connectivity index is 1.54. The number of carbonyl (C=O) groups excluding carboxylic acids is 1. The van der Waals surface area contributed by atoms with Crippen LogP contribution in [-0.2, 0) is 20.7 Å². The molecule has 3 rings (SSSR count). The normalized spacial score (nSPS) is 23.5. The monoisotopic (exact) mass is 319 g/mol. The average Bonchev–Trinajstić information content (AvgIpc) is 2.82. The van der Waals surface area contributed by atoms with Crippen LogP contribution in [0.2, 0.25) is 0 Å². The summed E-state index contributed by atoms with van der Waals surface area (Å²) in [5, 5.41) is 0. The molecule has 2 aliphatic rings. The maximum absolute atomic E-state index is 12.6. The summed E-state index contributed by atoms with van der Waals surface area (Å²) in [5.41, 5.74) is 0.826. The van der Waals surface area contributed by atoms with Gasteiger partial charge in [-0.25, -0.2) is 0 Å². The summed E-state index contributed by atoms with van der Waals surface area (Å²) < 4.78 is 11.3. The third-order valence-electron chi connectivity index (χ3n) is 4.33. The average molecular weight is 319 g/mol. The van der Waals surface area contributed by atoms with Crippen molar-refractivity contribution < 1.29 is 14.3 Å². The van der Waals surface area contributed by atoms with Crippen LogP contribution < -0.4 is 0 Å². The Bertz CT molecular complexity index is 491. The van der Waals surface area contributed by atoms with Crippen molar-refractivity contribution in [2.45, 2.75) is 18.9 Å². The van der Waals surface area contributed by atoms with E-state index in [1.54, 1.807) is 6.20 Å². The Morgan fingerprint density at radius 3 is 2.87 bits per heavy atom. The number of morpholine rings is 1. The molecule has 1 aromatic heterocycles. The lowest BCUT2D eigenvalue weighted by molar-refractivity contribution is -0.131. The Morgan fingerprint density at radius 2 is 2.09 bits per heavy atom. The number of aromatic nitrogens is 1. The van der Waals surface area contributed by atoms with Gasteiger partial charge in [0.25, 0.3) is 0 Å². The number of ether oxygens (including phenoxy) is 2. The van der Waals surface area contributed by atoms with Gasteiger partial charge in [-0.15, -0.1) is 0 Å². The summed E-state index contributed by atoms with van der Waals surface area (Å²) in [6.45, 7) is 6.50. The van der Waals surface area contributed by atoms with Gasteiger partial charge in [-0.3, -0.25) is 14.7 Å². The first-order valence-corrected chi connectivity index (χ1v) is 8.40. The van der Waals surface area contributed by atoms with Crippen LogP contribution in [-0.4, -0.2) is 79.3 Å². The molecule has 2 saturated heterocycles. The molecule has 0 aliphatic carbocycles. The lowest BCUT2D eigenvalue weighted by atomic mass is 10.2. The molecule has 6 heteroatoms. The second-order valence-corrected chi connectivity index (χ2v) is 6.10. The fourth-order valence-electron chi connectivity index (χ4n) is 3.07. The van der Waals surface area contributed by atoms with Crippen molar-refractivity contribution >= 4 is 5.91 Å². The van der Waals surface area contributed by atoms with Crippen molar-refractivity contribution in [3.8, 4) is 0 Å². The largest absolute Gasteiger partial charge is 0.379 e. The van der Waals surface area contributed by atoms with Gasteiger partial charge >= 0.3 is 0 Å². The number of hydrogen-bond acceptors (Lipinski definition) is 5. The number of carbonyl (C=O) groups is 1. The van der Waals surface area contributed by atoms with Crippen LogP contribution in [0.5, 0.6) is 0 Å². The molecule has 3 heterocycles. The highest BCUT2D eigenvalue weighted by Gasteiger charge is 2.25. The maximum atomic E-state index is 12.6. The van der Waals surface area contributed by atoms with Gasteiger partial charge < -0.3 is 14.4 Å². The standard InChI is InChI=1S/C17H25N3O3/c21-17(12-15-4-1-2-5-18-15)20-6-3-9-23-16(14-20)13-19-7-10-22-11-8-19/h1-2,4-5,16H,3,6-14H2/t16-/m1/s1. The number of amides is 1. The number of hydrogen-bond donors (Lipinski definition) is 0. The highest BCUT2D eigenvalue weighted by Crippen LogP contribution is 2.11. The van der Waals surface area contributed by atoms with Crippen LogP contribution in [0.4, 0.5) is 0 Å². The SMILES string of the molecule is O=C(Cc1ccccn1)N1CCCO[C@H](CN2CCOCC2)C1. The summed E-state index contributed by atoms with van der Waals surface area (Å²) in [7, 11) is 0. The van der Waals surface area contributed by atoms with E-state index in [9.17, 15) is 4.79 Å². The van der Waals surface area contributed by atoms with E-state index < -0.39 is 0 Å². The molecule has 0 radical (unpaired) electrons. The molecule has 0 bridgehead atoms. The third-order valence-corrected chi connectivity index (χ3v) is 4.33. The Kier molecular flexibility index (Phi) is 5.96. The van der Waals surface area contributed by atoms with Crippen LogP contribution in [0.25, 0.3) is 0 Å². The zero-order chi connectivity index (χ0) is 15.9. The number of nitrogens with zero attached hydrogens (tertiary/aromatic N) is 3. The van der Waals surface area contributed by atoms with E-state index in [-0.39, 0.29) is 12.0 Å². The maximum Gasteiger partial charge on any atom is 0.228 e. The van der Waals surface area contributed by atoms with Crippen LogP contribution in [0.3, 0.4) is 0 Å². The van der Waals surface area contributed by atoms with Crippen molar-refractivity contribution in [1.82, 2.24) is 14.8 Å². The van der Waals surface area contributed by atoms with Crippen molar-refractivity contribution in [3.05, 3.63) is 30.1 Å². The molecular formula is C17H25N3O3. The lowest BCUT2D eigenvalue weighted by Gasteiger charge is -2.31. The van der Waals surface area contributed by atoms with Gasteiger partial charge in [0.1, 0.15) is 0 Å². The second kappa shape index (κ2) is 8.38. The Hall–Kier alpha value is -1.50. The van der Waals surface area contributed by atoms with Crippen molar-refractivity contribution in [2.24, 2.45) is 0 Å². The van der Waals surface area contributed by atoms with Crippen molar-refractivity contribution in [1.29, 1.82) is 0 Å². The topological polar surface area (TPSA) is 54.9 Å². The number of pyridine rings is 1. The molecule has 2 fully saturated rings. The van der Waals surface area contributed by atoms with E-state index in [4.69, 9.17) is 9.47 Å². The van der Waals surface area contributed by atoms with Gasteiger partial charge in [0.15, 0.2) is 0 Å². The van der Waals surface area contributed by atoms with Gasteiger partial charge in [0.2, 0.25) is 5.91 Å². The minimum atomic E-state index is 0.0864. The molecule has 0 N–H and O–H groups in total. The first-order chi connectivity index (χ1) is 11.3. The quantitative estimate of drug-likeness (QED) is 0.812. The smallest absolute Gasteiger partial charge is 0.228 e. The summed E-state index contributed by atoms with van der Waals surface area (Å²) in [6.07, 6.45) is 3.08. The van der Waals surface area contributed by atoms with Crippen molar-refractivity contribution in [2.75, 3.05) is 52.5 Å². The van der Waals surface area contributed by atoms with Gasteiger partial charge in [0, 0.05) is 51.2 Å². The number of rotatable bonds is 4. The zero-order valence-electron chi connectivity index (χ0n) is 13.5. The molecular weight excluding hydrogens is 294 g/mol. The molecule has 23 heavy (non-hydrogen) atoms. The van der Waals surface area contributed by atoms with Crippen LogP contribution in [0.1, 0.15) is 12.1 Å². The molecule has 0 aromatic carbocycles. The minimum absolute atomic E-state index is 0.0864.